The zero-order valence-electron chi connectivity index (χ0n) is 13.8. The highest BCUT2D eigenvalue weighted by Crippen LogP contribution is 2.22. The Labute approximate surface area is 130 Å². The van der Waals surface area contributed by atoms with Gasteiger partial charge in [-0.05, 0) is 56.7 Å². The molecular weight excluding hydrogens is 256 g/mol. The molecule has 21 heavy (non-hydrogen) atoms. The maximum Gasteiger partial charge on any atom is 0.0951 e. The normalized spacial score (nSPS) is 22.3. The second-order valence-corrected chi connectivity index (χ2v) is 7.12. The van der Waals surface area contributed by atoms with Crippen molar-refractivity contribution < 1.29 is 4.90 Å². The number of hydrogen-bond donors (Lipinski definition) is 1. The summed E-state index contributed by atoms with van der Waals surface area (Å²) in [6, 6.07) is 7.82. The Morgan fingerprint density at radius 1 is 0.952 bits per heavy atom. The van der Waals surface area contributed by atoms with Gasteiger partial charge in [0.1, 0.15) is 0 Å². The first-order valence-electron chi connectivity index (χ1n) is 8.91. The van der Waals surface area contributed by atoms with E-state index in [4.69, 9.17) is 0 Å². The van der Waals surface area contributed by atoms with Gasteiger partial charge in [-0.2, -0.15) is 0 Å². The van der Waals surface area contributed by atoms with Gasteiger partial charge in [0.05, 0.1) is 32.2 Å². The quantitative estimate of drug-likeness (QED) is 0.822. The van der Waals surface area contributed by atoms with Gasteiger partial charge in [-0.3, -0.25) is 0 Å². The van der Waals surface area contributed by atoms with Crippen molar-refractivity contribution in [3.63, 3.8) is 0 Å². The molecule has 116 valence electrons. The molecule has 1 aromatic rings. The van der Waals surface area contributed by atoms with Gasteiger partial charge in [0.2, 0.25) is 0 Å². The summed E-state index contributed by atoms with van der Waals surface area (Å²) in [5.41, 5.74) is 4.28. The van der Waals surface area contributed by atoms with Crippen LogP contribution in [0.15, 0.2) is 18.2 Å². The summed E-state index contributed by atoms with van der Waals surface area (Å²) >= 11 is 0. The van der Waals surface area contributed by atoms with Gasteiger partial charge in [-0.1, -0.05) is 25.0 Å². The van der Waals surface area contributed by atoms with E-state index in [1.54, 1.807) is 0 Å². The Morgan fingerprint density at radius 3 is 2.29 bits per heavy atom. The molecule has 2 aliphatic rings. The summed E-state index contributed by atoms with van der Waals surface area (Å²) in [5.74, 6) is 0. The molecule has 0 bridgehead atoms. The van der Waals surface area contributed by atoms with Crippen LogP contribution in [0.3, 0.4) is 0 Å². The van der Waals surface area contributed by atoms with Crippen LogP contribution in [0.4, 0.5) is 5.69 Å². The van der Waals surface area contributed by atoms with Crippen LogP contribution in [0.5, 0.6) is 0 Å². The van der Waals surface area contributed by atoms with Crippen LogP contribution in [-0.2, 0) is 0 Å². The summed E-state index contributed by atoms with van der Waals surface area (Å²) in [5, 5.41) is 0. The van der Waals surface area contributed by atoms with Crippen LogP contribution in [0, 0.1) is 13.8 Å². The Kier molecular flexibility index (Phi) is 4.84. The van der Waals surface area contributed by atoms with Crippen LogP contribution in [-0.4, -0.2) is 32.2 Å². The molecule has 2 nitrogen and oxygen atoms in total. The lowest BCUT2D eigenvalue weighted by Crippen LogP contribution is -3.18. The second kappa shape index (κ2) is 6.83. The standard InChI is InChI=1S/C19H30N2/c1-16-9-10-17(2)19(15-16)21-13-11-20(12-14-21)18-7-5-3-4-6-8-18/h9-10,15,18H,3-8,11-14H2,1-2H3/p+1. The number of hydrogen-bond acceptors (Lipinski definition) is 1. The third-order valence-corrected chi connectivity index (χ3v) is 5.54. The molecule has 0 unspecified atom stereocenters. The van der Waals surface area contributed by atoms with Gasteiger partial charge in [-0.25, -0.2) is 0 Å². The van der Waals surface area contributed by atoms with E-state index in [0.717, 1.165) is 6.04 Å². The number of quaternary nitrogens is 1. The van der Waals surface area contributed by atoms with Crippen molar-refractivity contribution in [2.24, 2.45) is 0 Å². The second-order valence-electron chi connectivity index (χ2n) is 7.12. The molecular formula is C19H31N2+. The van der Waals surface area contributed by atoms with Crippen LogP contribution < -0.4 is 9.80 Å². The molecule has 1 aliphatic heterocycles. The van der Waals surface area contributed by atoms with E-state index in [1.165, 1.54) is 81.5 Å². The highest BCUT2D eigenvalue weighted by atomic mass is 15.3. The Morgan fingerprint density at radius 2 is 1.62 bits per heavy atom. The minimum atomic E-state index is 0.952. The number of nitrogens with zero attached hydrogens (tertiary/aromatic N) is 1. The predicted octanol–water partition coefficient (Wildman–Crippen LogP) is 2.73. The third-order valence-electron chi connectivity index (χ3n) is 5.54. The van der Waals surface area contributed by atoms with E-state index in [0.29, 0.717) is 0 Å². The molecule has 1 heterocycles. The van der Waals surface area contributed by atoms with E-state index in [-0.39, 0.29) is 0 Å². The van der Waals surface area contributed by atoms with E-state index in [2.05, 4.69) is 36.9 Å². The fourth-order valence-corrected chi connectivity index (χ4v) is 4.19. The van der Waals surface area contributed by atoms with Crippen LogP contribution in [0.1, 0.15) is 49.7 Å². The van der Waals surface area contributed by atoms with Gasteiger partial charge in [-0.15, -0.1) is 0 Å². The molecule has 1 N–H and O–H groups in total. The number of aryl methyl sites for hydroxylation is 2. The largest absolute Gasteiger partial charge is 0.360 e. The summed E-state index contributed by atoms with van der Waals surface area (Å²) in [6.45, 7) is 9.58. The van der Waals surface area contributed by atoms with Gasteiger partial charge >= 0.3 is 0 Å². The highest BCUT2D eigenvalue weighted by molar-refractivity contribution is 5.55. The topological polar surface area (TPSA) is 7.68 Å². The highest BCUT2D eigenvalue weighted by Gasteiger charge is 2.28. The lowest BCUT2D eigenvalue weighted by Gasteiger charge is -2.38. The van der Waals surface area contributed by atoms with Crippen LogP contribution in [0.25, 0.3) is 0 Å². The summed E-state index contributed by atoms with van der Waals surface area (Å²) in [7, 11) is 0. The van der Waals surface area contributed by atoms with Gasteiger partial charge in [0, 0.05) is 5.69 Å². The maximum atomic E-state index is 2.61. The molecule has 3 rings (SSSR count). The number of benzene rings is 1. The van der Waals surface area contributed by atoms with Crippen molar-refractivity contribution in [1.29, 1.82) is 0 Å². The lowest BCUT2D eigenvalue weighted by atomic mass is 10.1. The fourth-order valence-electron chi connectivity index (χ4n) is 4.19. The molecule has 0 atom stereocenters. The summed E-state index contributed by atoms with van der Waals surface area (Å²) < 4.78 is 0. The van der Waals surface area contributed by atoms with Crippen molar-refractivity contribution in [3.05, 3.63) is 29.3 Å². The smallest absolute Gasteiger partial charge is 0.0951 e. The molecule has 1 aliphatic carbocycles. The Hall–Kier alpha value is -1.02. The van der Waals surface area contributed by atoms with E-state index in [9.17, 15) is 0 Å². The van der Waals surface area contributed by atoms with Crippen LogP contribution in [0.2, 0.25) is 0 Å². The minimum absolute atomic E-state index is 0.952. The molecule has 2 heteroatoms. The Balaban J connectivity index is 1.60. The van der Waals surface area contributed by atoms with Gasteiger partial charge in [0.25, 0.3) is 0 Å². The Bertz CT molecular complexity index is 453. The zero-order valence-corrected chi connectivity index (χ0v) is 13.8. The van der Waals surface area contributed by atoms with Crippen molar-refractivity contribution in [2.45, 2.75) is 58.4 Å². The zero-order chi connectivity index (χ0) is 14.7. The lowest BCUT2D eigenvalue weighted by molar-refractivity contribution is -0.926. The average Bonchev–Trinajstić information content (AvgIpc) is 2.79. The van der Waals surface area contributed by atoms with Crippen molar-refractivity contribution >= 4 is 5.69 Å². The molecule has 2 fully saturated rings. The predicted molar refractivity (Wildman–Crippen MR) is 90.3 cm³/mol. The van der Waals surface area contributed by atoms with E-state index < -0.39 is 0 Å². The average molecular weight is 287 g/mol. The molecule has 0 spiro atoms. The van der Waals surface area contributed by atoms with Gasteiger partial charge < -0.3 is 9.80 Å². The fraction of sp³-hybridized carbons (Fsp3) is 0.684. The molecule has 0 aromatic heterocycles. The van der Waals surface area contributed by atoms with Crippen molar-refractivity contribution in [1.82, 2.24) is 0 Å². The van der Waals surface area contributed by atoms with Gasteiger partial charge in [0.15, 0.2) is 0 Å². The van der Waals surface area contributed by atoms with Crippen LogP contribution >= 0.6 is 0 Å². The van der Waals surface area contributed by atoms with Crippen molar-refractivity contribution in [2.75, 3.05) is 31.1 Å². The molecule has 1 saturated heterocycles. The first-order chi connectivity index (χ1) is 10.2. The summed E-state index contributed by atoms with van der Waals surface area (Å²) in [6.07, 6.45) is 8.82. The maximum absolute atomic E-state index is 2.61. The summed E-state index contributed by atoms with van der Waals surface area (Å²) in [4.78, 5) is 4.50. The number of nitrogens with one attached hydrogen (secondary N) is 1. The first-order valence-corrected chi connectivity index (χ1v) is 8.91. The first kappa shape index (κ1) is 14.9. The SMILES string of the molecule is Cc1ccc(C)c(N2CC[NH+](C3CCCCCC3)CC2)c1. The van der Waals surface area contributed by atoms with E-state index >= 15 is 0 Å². The monoisotopic (exact) mass is 287 g/mol. The van der Waals surface area contributed by atoms with Crippen molar-refractivity contribution in [3.8, 4) is 0 Å². The van der Waals surface area contributed by atoms with E-state index in [1.807, 2.05) is 4.90 Å². The number of piperazine rings is 1. The molecule has 1 aromatic carbocycles. The molecule has 1 saturated carbocycles. The third kappa shape index (κ3) is 3.60. The number of anilines is 1. The number of rotatable bonds is 2. The molecule has 0 amide bonds. The minimum Gasteiger partial charge on any atom is -0.360 e. The molecule has 0 radical (unpaired) electrons.